The highest BCUT2D eigenvalue weighted by atomic mass is 32.1. The molecule has 1 atom stereocenters. The summed E-state index contributed by atoms with van der Waals surface area (Å²) < 4.78 is 0. The fourth-order valence-electron chi connectivity index (χ4n) is 2.31. The smallest absolute Gasteiger partial charge is 0.317 e. The average Bonchev–Trinajstić information content (AvgIpc) is 2.94. The maximum atomic E-state index is 12.3. The number of carbonyl (C=O) groups excluding carboxylic acids is 1. The molecule has 0 spiro atoms. The predicted octanol–water partition coefficient (Wildman–Crippen LogP) is 2.46. The number of hydrogen-bond donors (Lipinski definition) is 2. The minimum absolute atomic E-state index is 0.0172. The van der Waals surface area contributed by atoms with Crippen LogP contribution in [0.3, 0.4) is 0 Å². The molecule has 0 aliphatic heterocycles. The van der Waals surface area contributed by atoms with Gasteiger partial charge in [-0.15, -0.1) is 11.3 Å². The number of carbonyl (C=O) groups is 1. The lowest BCUT2D eigenvalue weighted by Crippen LogP contribution is -2.40. The molecule has 2 heterocycles. The summed E-state index contributed by atoms with van der Waals surface area (Å²) >= 11 is 1.41. The third-order valence-corrected chi connectivity index (χ3v) is 4.19. The Morgan fingerprint density at radius 1 is 1.55 bits per heavy atom. The maximum absolute atomic E-state index is 12.3. The molecule has 2 aromatic heterocycles. The molecule has 2 amide bonds. The van der Waals surface area contributed by atoms with Crippen LogP contribution in [0.2, 0.25) is 0 Å². The van der Waals surface area contributed by atoms with Crippen molar-refractivity contribution in [3.8, 4) is 0 Å². The third kappa shape index (κ3) is 4.17. The molecule has 0 aromatic carbocycles. The largest absolute Gasteiger partial charge is 0.375 e. The van der Waals surface area contributed by atoms with Gasteiger partial charge >= 0.3 is 6.03 Å². The molecule has 0 radical (unpaired) electrons. The number of anilines is 1. The topological polar surface area (TPSA) is 84.1 Å². The van der Waals surface area contributed by atoms with Crippen molar-refractivity contribution >= 4 is 22.5 Å². The van der Waals surface area contributed by atoms with Crippen molar-refractivity contribution in [2.75, 3.05) is 19.3 Å². The molecule has 0 aliphatic carbocycles. The molecule has 118 valence electrons. The van der Waals surface area contributed by atoms with Crippen LogP contribution in [0.1, 0.15) is 30.6 Å². The molecule has 0 fully saturated rings. The van der Waals surface area contributed by atoms with Gasteiger partial charge in [0.2, 0.25) is 0 Å². The summed E-state index contributed by atoms with van der Waals surface area (Å²) in [5, 5.41) is 5.38. The number of amides is 2. The summed E-state index contributed by atoms with van der Waals surface area (Å²) in [6.07, 6.45) is 5.04. The van der Waals surface area contributed by atoms with Crippen LogP contribution in [-0.4, -0.2) is 34.5 Å². The molecule has 7 heteroatoms. The molecular formula is C15H21N5OS. The van der Waals surface area contributed by atoms with Crippen LogP contribution in [0.4, 0.5) is 9.93 Å². The van der Waals surface area contributed by atoms with Crippen LogP contribution in [0, 0.1) is 0 Å². The lowest BCUT2D eigenvalue weighted by Gasteiger charge is -2.27. The van der Waals surface area contributed by atoms with Gasteiger partial charge in [0.25, 0.3) is 0 Å². The van der Waals surface area contributed by atoms with E-state index in [2.05, 4.69) is 22.2 Å². The molecule has 0 aliphatic rings. The Balaban J connectivity index is 1.87. The highest BCUT2D eigenvalue weighted by molar-refractivity contribution is 7.13. The van der Waals surface area contributed by atoms with Crippen LogP contribution >= 0.6 is 11.3 Å². The number of hydrogen-bond acceptors (Lipinski definition) is 5. The fourth-order valence-corrected chi connectivity index (χ4v) is 2.90. The van der Waals surface area contributed by atoms with Gasteiger partial charge in [0.1, 0.15) is 0 Å². The van der Waals surface area contributed by atoms with E-state index < -0.39 is 0 Å². The lowest BCUT2D eigenvalue weighted by molar-refractivity contribution is 0.189. The van der Waals surface area contributed by atoms with Crippen LogP contribution < -0.4 is 11.1 Å². The van der Waals surface area contributed by atoms with E-state index in [1.165, 1.54) is 11.3 Å². The first kappa shape index (κ1) is 16.2. The molecular weight excluding hydrogens is 298 g/mol. The predicted molar refractivity (Wildman–Crippen MR) is 88.7 cm³/mol. The Morgan fingerprint density at radius 2 is 2.36 bits per heavy atom. The molecule has 0 saturated carbocycles. The highest BCUT2D eigenvalue weighted by Crippen LogP contribution is 2.21. The van der Waals surface area contributed by atoms with Gasteiger partial charge in [0, 0.05) is 37.8 Å². The summed E-state index contributed by atoms with van der Waals surface area (Å²) in [7, 11) is 1.80. The van der Waals surface area contributed by atoms with Crippen molar-refractivity contribution in [1.82, 2.24) is 20.2 Å². The number of rotatable bonds is 6. The van der Waals surface area contributed by atoms with Crippen LogP contribution in [0.15, 0.2) is 29.9 Å². The molecule has 6 nitrogen and oxygen atoms in total. The second-order valence-electron chi connectivity index (χ2n) is 4.98. The van der Waals surface area contributed by atoms with Crippen molar-refractivity contribution in [1.29, 1.82) is 0 Å². The molecule has 2 rings (SSSR count). The van der Waals surface area contributed by atoms with Gasteiger partial charge in [0.15, 0.2) is 5.13 Å². The summed E-state index contributed by atoms with van der Waals surface area (Å²) in [5.41, 5.74) is 7.53. The van der Waals surface area contributed by atoms with E-state index >= 15 is 0 Å². The Kier molecular flexibility index (Phi) is 5.71. The van der Waals surface area contributed by atoms with Gasteiger partial charge in [-0.2, -0.15) is 0 Å². The van der Waals surface area contributed by atoms with E-state index in [1.807, 2.05) is 17.5 Å². The van der Waals surface area contributed by atoms with Gasteiger partial charge in [-0.3, -0.25) is 4.98 Å². The third-order valence-electron chi connectivity index (χ3n) is 3.47. The molecule has 22 heavy (non-hydrogen) atoms. The molecule has 0 bridgehead atoms. The van der Waals surface area contributed by atoms with Crippen LogP contribution in [0.25, 0.3) is 0 Å². The minimum Gasteiger partial charge on any atom is -0.375 e. The average molecular weight is 319 g/mol. The zero-order valence-corrected chi connectivity index (χ0v) is 13.6. The zero-order chi connectivity index (χ0) is 15.9. The fraction of sp³-hybridized carbons (Fsp3) is 0.400. The number of nitrogens with two attached hydrogens (primary N) is 1. The zero-order valence-electron chi connectivity index (χ0n) is 12.8. The van der Waals surface area contributed by atoms with Gasteiger partial charge in [-0.05, 0) is 18.1 Å². The van der Waals surface area contributed by atoms with E-state index in [9.17, 15) is 4.79 Å². The summed E-state index contributed by atoms with van der Waals surface area (Å²) in [6, 6.07) is 3.79. The number of nitrogen functional groups attached to an aromatic ring is 1. The number of urea groups is 1. The number of aromatic nitrogens is 2. The summed E-state index contributed by atoms with van der Waals surface area (Å²) in [6.45, 7) is 2.59. The quantitative estimate of drug-likeness (QED) is 0.856. The van der Waals surface area contributed by atoms with Gasteiger partial charge in [0.05, 0.1) is 11.7 Å². The molecule has 3 N–H and O–H groups in total. The van der Waals surface area contributed by atoms with E-state index in [0.29, 0.717) is 18.1 Å². The number of pyridine rings is 1. The second kappa shape index (κ2) is 7.74. The molecule has 0 unspecified atom stereocenters. The van der Waals surface area contributed by atoms with Crippen LogP contribution in [0.5, 0.6) is 0 Å². The van der Waals surface area contributed by atoms with Gasteiger partial charge < -0.3 is 16.0 Å². The van der Waals surface area contributed by atoms with E-state index in [1.54, 1.807) is 24.3 Å². The normalized spacial score (nSPS) is 11.9. The van der Waals surface area contributed by atoms with Crippen molar-refractivity contribution in [2.24, 2.45) is 0 Å². The van der Waals surface area contributed by atoms with Crippen LogP contribution in [-0.2, 0) is 6.42 Å². The van der Waals surface area contributed by atoms with Gasteiger partial charge in [-0.1, -0.05) is 13.0 Å². The molecule has 0 saturated heterocycles. The van der Waals surface area contributed by atoms with Crippen molar-refractivity contribution < 1.29 is 4.79 Å². The van der Waals surface area contributed by atoms with E-state index in [0.717, 1.165) is 17.7 Å². The first-order valence-corrected chi connectivity index (χ1v) is 8.10. The first-order chi connectivity index (χ1) is 10.6. The number of nitrogens with zero attached hydrogens (tertiary/aromatic N) is 3. The molecule has 2 aromatic rings. The summed E-state index contributed by atoms with van der Waals surface area (Å²) in [4.78, 5) is 22.3. The standard InChI is InChI=1S/C15H21N5OS/c1-3-13(11-5-4-7-17-9-11)20(2)15(21)18-8-6-12-10-22-14(16)19-12/h4-5,7,9-10,13H,3,6,8H2,1-2H3,(H2,16,19)(H,18,21)/t13-/m0/s1. The van der Waals surface area contributed by atoms with Crippen molar-refractivity contribution in [3.63, 3.8) is 0 Å². The lowest BCUT2D eigenvalue weighted by atomic mass is 10.1. The maximum Gasteiger partial charge on any atom is 0.317 e. The number of nitrogens with one attached hydrogen (secondary N) is 1. The Hall–Kier alpha value is -2.15. The van der Waals surface area contributed by atoms with Crippen molar-refractivity contribution in [2.45, 2.75) is 25.8 Å². The van der Waals surface area contributed by atoms with Gasteiger partial charge in [-0.25, -0.2) is 9.78 Å². The first-order valence-electron chi connectivity index (χ1n) is 7.22. The monoisotopic (exact) mass is 319 g/mol. The SMILES string of the molecule is CC[C@@H](c1cccnc1)N(C)C(=O)NCCc1csc(N)n1. The number of thiazole rings is 1. The Morgan fingerprint density at radius 3 is 2.95 bits per heavy atom. The Labute approximate surface area is 134 Å². The van der Waals surface area contributed by atoms with Crippen molar-refractivity contribution in [3.05, 3.63) is 41.2 Å². The van der Waals surface area contributed by atoms with E-state index in [4.69, 9.17) is 5.73 Å². The second-order valence-corrected chi connectivity index (χ2v) is 5.87. The van der Waals surface area contributed by atoms with E-state index in [-0.39, 0.29) is 12.1 Å². The Bertz CT molecular complexity index is 601. The minimum atomic E-state index is -0.0982. The highest BCUT2D eigenvalue weighted by Gasteiger charge is 2.19. The summed E-state index contributed by atoms with van der Waals surface area (Å²) in [5.74, 6) is 0.